The number of aromatic nitrogens is 2. The summed E-state index contributed by atoms with van der Waals surface area (Å²) in [5.74, 6) is -1.83. The Morgan fingerprint density at radius 3 is 1.38 bits per heavy atom. The quantitative estimate of drug-likeness (QED) is 0.186. The van der Waals surface area contributed by atoms with Gasteiger partial charge in [0.25, 0.3) is 0 Å². The molecule has 0 saturated heterocycles. The third-order valence-electron chi connectivity index (χ3n) is 10.0. The Labute approximate surface area is 290 Å². The Morgan fingerprint density at radius 2 is 0.940 bits per heavy atom. The second kappa shape index (κ2) is 11.1. The summed E-state index contributed by atoms with van der Waals surface area (Å²) < 4.78 is 33.5. The molecule has 0 atom stereocenters. The first kappa shape index (κ1) is 31.5. The van der Waals surface area contributed by atoms with Crippen molar-refractivity contribution in [1.82, 2.24) is 9.13 Å². The van der Waals surface area contributed by atoms with Gasteiger partial charge in [-0.3, -0.25) is 0 Å². The van der Waals surface area contributed by atoms with E-state index in [-0.39, 0.29) is 10.8 Å². The van der Waals surface area contributed by atoms with E-state index in [1.807, 2.05) is 36.4 Å². The summed E-state index contributed by atoms with van der Waals surface area (Å²) >= 11 is 0. The van der Waals surface area contributed by atoms with E-state index in [9.17, 15) is 14.0 Å². The van der Waals surface area contributed by atoms with Gasteiger partial charge in [0.1, 0.15) is 11.6 Å². The number of rotatable bonds is 3. The summed E-state index contributed by atoms with van der Waals surface area (Å²) in [6.45, 7) is 13.2. The fourth-order valence-electron chi connectivity index (χ4n) is 7.31. The van der Waals surface area contributed by atoms with Gasteiger partial charge in [-0.25, -0.2) is 8.78 Å². The zero-order valence-electron chi connectivity index (χ0n) is 29.1. The number of hydrogen-bond donors (Lipinski definition) is 0. The third kappa shape index (κ3) is 4.90. The van der Waals surface area contributed by atoms with Crippen LogP contribution in [-0.2, 0) is 10.8 Å². The van der Waals surface area contributed by atoms with Crippen molar-refractivity contribution in [3.8, 4) is 28.6 Å². The number of hydrogen-bond acceptors (Lipinski definition) is 1. The van der Waals surface area contributed by atoms with Crippen LogP contribution in [0.3, 0.4) is 0 Å². The molecule has 2 aromatic heterocycles. The van der Waals surface area contributed by atoms with Gasteiger partial charge in [-0.1, -0.05) is 108 Å². The van der Waals surface area contributed by atoms with Crippen molar-refractivity contribution in [3.05, 3.63) is 144 Å². The molecule has 3 nitrogen and oxygen atoms in total. The summed E-state index contributed by atoms with van der Waals surface area (Å²) in [7, 11) is 0. The Bertz CT molecular complexity index is 2550. The highest BCUT2D eigenvalue weighted by atomic mass is 19.2. The van der Waals surface area contributed by atoms with Crippen molar-refractivity contribution < 1.29 is 8.78 Å². The van der Waals surface area contributed by atoms with Gasteiger partial charge in [0.15, 0.2) is 11.6 Å². The molecule has 5 heteroatoms. The number of halogens is 2. The lowest BCUT2D eigenvalue weighted by Crippen LogP contribution is -2.11. The van der Waals surface area contributed by atoms with Gasteiger partial charge in [-0.2, -0.15) is 5.26 Å². The smallest absolute Gasteiger partial charge is 0.159 e. The van der Waals surface area contributed by atoms with E-state index in [1.165, 1.54) is 17.2 Å². The van der Waals surface area contributed by atoms with E-state index < -0.39 is 11.6 Å². The molecule has 6 aromatic carbocycles. The summed E-state index contributed by atoms with van der Waals surface area (Å²) in [5, 5.41) is 15.5. The average molecular weight is 658 g/mol. The number of nitriles is 1. The van der Waals surface area contributed by atoms with E-state index >= 15 is 0 Å². The Balaban J connectivity index is 1.57. The van der Waals surface area contributed by atoms with Crippen LogP contribution in [0.1, 0.15) is 58.2 Å². The normalized spacial score (nSPS) is 12.4. The van der Waals surface area contributed by atoms with E-state index in [4.69, 9.17) is 0 Å². The maximum absolute atomic E-state index is 14.9. The predicted octanol–water partition coefficient (Wildman–Crippen LogP) is 12.3. The standard InChI is InChI=1S/C45H37F2N3/c1-44(2,3)29-16-18-33-31-11-7-9-13-38(31)49(42(33)24-29)40-22-28(27-15-20-36(46)37(47)21-27)23-41(35(40)26-48)50-39-14-10-8-12-32(39)34-19-17-30(25-43(34)50)45(4,5)6/h7-25H,1-6H3. The highest BCUT2D eigenvalue weighted by molar-refractivity contribution is 6.11. The number of para-hydroxylation sites is 2. The molecule has 0 spiro atoms. The van der Waals surface area contributed by atoms with Gasteiger partial charge >= 0.3 is 0 Å². The first-order valence-electron chi connectivity index (χ1n) is 17.0. The molecule has 0 amide bonds. The van der Waals surface area contributed by atoms with E-state index in [1.54, 1.807) is 6.07 Å². The minimum Gasteiger partial charge on any atom is -0.308 e. The van der Waals surface area contributed by atoms with Crippen LogP contribution in [0, 0.1) is 23.0 Å². The molecule has 246 valence electrons. The van der Waals surface area contributed by atoms with Gasteiger partial charge in [-0.05, 0) is 81.6 Å². The average Bonchev–Trinajstić information content (AvgIpc) is 3.60. The van der Waals surface area contributed by atoms with Crippen LogP contribution >= 0.6 is 0 Å². The van der Waals surface area contributed by atoms with Crippen LogP contribution in [0.4, 0.5) is 8.78 Å². The maximum atomic E-state index is 14.9. The molecule has 0 aliphatic heterocycles. The lowest BCUT2D eigenvalue weighted by Gasteiger charge is -2.21. The first-order valence-corrected chi connectivity index (χ1v) is 17.0. The molecule has 0 aliphatic carbocycles. The highest BCUT2D eigenvalue weighted by Gasteiger charge is 2.25. The van der Waals surface area contributed by atoms with Gasteiger partial charge in [0.2, 0.25) is 0 Å². The summed E-state index contributed by atoms with van der Waals surface area (Å²) in [6, 6.07) is 40.1. The van der Waals surface area contributed by atoms with E-state index in [0.29, 0.717) is 28.1 Å². The van der Waals surface area contributed by atoms with Crippen molar-refractivity contribution in [2.24, 2.45) is 0 Å². The van der Waals surface area contributed by atoms with Gasteiger partial charge in [-0.15, -0.1) is 0 Å². The first-order chi connectivity index (χ1) is 23.8. The van der Waals surface area contributed by atoms with Crippen LogP contribution in [0.2, 0.25) is 0 Å². The minimum absolute atomic E-state index is 0.111. The molecule has 2 heterocycles. The molecule has 8 aromatic rings. The van der Waals surface area contributed by atoms with E-state index in [0.717, 1.165) is 49.7 Å². The zero-order chi connectivity index (χ0) is 35.1. The Hall–Kier alpha value is -5.73. The topological polar surface area (TPSA) is 33.6 Å². The molecular weight excluding hydrogens is 621 g/mol. The largest absolute Gasteiger partial charge is 0.308 e. The van der Waals surface area contributed by atoms with Crippen molar-refractivity contribution in [3.63, 3.8) is 0 Å². The van der Waals surface area contributed by atoms with Gasteiger partial charge < -0.3 is 9.13 Å². The molecule has 8 rings (SSSR count). The molecule has 0 saturated carbocycles. The zero-order valence-corrected chi connectivity index (χ0v) is 29.1. The molecule has 0 aliphatic rings. The van der Waals surface area contributed by atoms with Crippen molar-refractivity contribution >= 4 is 43.6 Å². The molecule has 50 heavy (non-hydrogen) atoms. The molecular formula is C45H37F2N3. The van der Waals surface area contributed by atoms with Crippen LogP contribution in [0.15, 0.2) is 115 Å². The third-order valence-corrected chi connectivity index (χ3v) is 10.0. The number of fused-ring (bicyclic) bond motifs is 6. The summed E-state index contributed by atoms with van der Waals surface area (Å²) in [5.41, 5.74) is 8.96. The second-order valence-electron chi connectivity index (χ2n) is 15.3. The fraction of sp³-hybridized carbons (Fsp3) is 0.178. The van der Waals surface area contributed by atoms with Gasteiger partial charge in [0, 0.05) is 21.5 Å². The summed E-state index contributed by atoms with van der Waals surface area (Å²) in [6.07, 6.45) is 0. The van der Waals surface area contributed by atoms with Gasteiger partial charge in [0.05, 0.1) is 33.4 Å². The van der Waals surface area contributed by atoms with Crippen molar-refractivity contribution in [2.45, 2.75) is 52.4 Å². The fourth-order valence-corrected chi connectivity index (χ4v) is 7.31. The number of benzene rings is 6. The monoisotopic (exact) mass is 657 g/mol. The highest BCUT2D eigenvalue weighted by Crippen LogP contribution is 2.42. The molecule has 0 radical (unpaired) electrons. The van der Waals surface area contributed by atoms with Crippen LogP contribution in [0.25, 0.3) is 66.1 Å². The van der Waals surface area contributed by atoms with E-state index in [2.05, 4.69) is 117 Å². The SMILES string of the molecule is CC(C)(C)c1ccc2c3ccccc3n(-c3cc(-c4ccc(F)c(F)c4)cc(-n4c5ccccc5c5ccc(C(C)(C)C)cc54)c3C#N)c2c1. The maximum Gasteiger partial charge on any atom is 0.159 e. The lowest BCUT2D eigenvalue weighted by molar-refractivity contribution is 0.509. The van der Waals surface area contributed by atoms with Crippen LogP contribution < -0.4 is 0 Å². The molecule has 0 unspecified atom stereocenters. The lowest BCUT2D eigenvalue weighted by atomic mass is 9.86. The van der Waals surface area contributed by atoms with Crippen molar-refractivity contribution in [1.29, 1.82) is 5.26 Å². The Morgan fingerprint density at radius 1 is 0.480 bits per heavy atom. The number of nitrogens with zero attached hydrogens (tertiary/aromatic N) is 3. The molecule has 0 N–H and O–H groups in total. The van der Waals surface area contributed by atoms with Crippen LogP contribution in [0.5, 0.6) is 0 Å². The summed E-state index contributed by atoms with van der Waals surface area (Å²) in [4.78, 5) is 0. The Kier molecular flexibility index (Phi) is 7.03. The second-order valence-corrected chi connectivity index (χ2v) is 15.3. The van der Waals surface area contributed by atoms with Crippen LogP contribution in [-0.4, -0.2) is 9.13 Å². The molecule has 0 fully saturated rings. The minimum atomic E-state index is -0.923. The molecule has 0 bridgehead atoms. The van der Waals surface area contributed by atoms with Crippen molar-refractivity contribution in [2.75, 3.05) is 0 Å². The predicted molar refractivity (Wildman–Crippen MR) is 203 cm³/mol.